The van der Waals surface area contributed by atoms with Gasteiger partial charge in [-0.2, -0.15) is 13.2 Å². The second-order valence-corrected chi connectivity index (χ2v) is 6.78. The molecule has 2 atom stereocenters. The van der Waals surface area contributed by atoms with E-state index in [1.807, 2.05) is 11.9 Å². The molecule has 0 unspecified atom stereocenters. The Morgan fingerprint density at radius 2 is 2.11 bits per heavy atom. The maximum absolute atomic E-state index is 14.3. The third-order valence-electron chi connectivity index (χ3n) is 4.76. The first-order chi connectivity index (χ1) is 12.7. The van der Waals surface area contributed by atoms with Gasteiger partial charge in [-0.25, -0.2) is 9.18 Å². The number of methoxy groups -OCH3 is 1. The van der Waals surface area contributed by atoms with Gasteiger partial charge in [-0.15, -0.1) is 0 Å². The number of likely N-dealkylation sites (tertiary alicyclic amines) is 1. The molecule has 0 bridgehead atoms. The number of carbonyl (C=O) groups is 1. The van der Waals surface area contributed by atoms with Crippen LogP contribution in [0.2, 0.25) is 0 Å². The summed E-state index contributed by atoms with van der Waals surface area (Å²) in [4.78, 5) is 13.9. The van der Waals surface area contributed by atoms with Gasteiger partial charge in [0.05, 0.1) is 18.7 Å². The second kappa shape index (κ2) is 7.38. The number of ether oxygens (including phenoxy) is 1. The molecule has 9 heteroatoms. The number of halogens is 4. The zero-order valence-corrected chi connectivity index (χ0v) is 15.0. The highest BCUT2D eigenvalue weighted by molar-refractivity contribution is 6.00. The molecule has 1 aromatic carbocycles. The number of fused-ring (bicyclic) bond motifs is 1. The summed E-state index contributed by atoms with van der Waals surface area (Å²) >= 11 is 0. The van der Waals surface area contributed by atoms with Crippen molar-refractivity contribution >= 4 is 22.6 Å². The van der Waals surface area contributed by atoms with Crippen LogP contribution in [-0.2, 0) is 11.3 Å². The lowest BCUT2D eigenvalue weighted by molar-refractivity contribution is -0.140. The first kappa shape index (κ1) is 19.5. The van der Waals surface area contributed by atoms with Crippen molar-refractivity contribution in [2.45, 2.75) is 31.4 Å². The average molecular weight is 387 g/mol. The number of hydrogen-bond donors (Lipinski definition) is 1. The van der Waals surface area contributed by atoms with Crippen molar-refractivity contribution in [1.82, 2.24) is 9.47 Å². The van der Waals surface area contributed by atoms with Crippen LogP contribution in [0.25, 0.3) is 10.9 Å². The summed E-state index contributed by atoms with van der Waals surface area (Å²) in [5.74, 6) is -0.857. The lowest BCUT2D eigenvalue weighted by atomic mass is 10.0. The van der Waals surface area contributed by atoms with Crippen molar-refractivity contribution < 1.29 is 27.1 Å². The number of hydrogen-bond acceptors (Lipinski definition) is 4. The Balaban J connectivity index is 2.01. The molecule has 1 fully saturated rings. The topological polar surface area (TPSA) is 46.5 Å². The number of piperidine rings is 1. The summed E-state index contributed by atoms with van der Waals surface area (Å²) in [5.41, 5.74) is 0.538. The average Bonchev–Trinajstić information content (AvgIpc) is 2.94. The van der Waals surface area contributed by atoms with Gasteiger partial charge in [0, 0.05) is 24.2 Å². The van der Waals surface area contributed by atoms with Crippen LogP contribution in [0.5, 0.6) is 0 Å². The standard InChI is InChI=1S/C18H21F4N3O2/c1-24-7-6-14(12(19)9-24)23-13-4-3-5-15-11(13)8-16(17(26)27-2)25(15)10-18(20,21)22/h3-5,8,12,14,23H,6-7,9-10H2,1-2H3/t12-,14+/m0/s1. The van der Waals surface area contributed by atoms with Gasteiger partial charge in [0.1, 0.15) is 18.4 Å². The molecule has 1 N–H and O–H groups in total. The van der Waals surface area contributed by atoms with Gasteiger partial charge in [0.15, 0.2) is 0 Å². The van der Waals surface area contributed by atoms with E-state index in [0.29, 0.717) is 17.5 Å². The molecule has 0 aliphatic carbocycles. The molecule has 3 rings (SSSR count). The summed E-state index contributed by atoms with van der Waals surface area (Å²) in [6.45, 7) is -0.308. The van der Waals surface area contributed by atoms with Crippen molar-refractivity contribution in [2.75, 3.05) is 32.6 Å². The van der Waals surface area contributed by atoms with Gasteiger partial charge in [-0.1, -0.05) is 6.07 Å². The van der Waals surface area contributed by atoms with Gasteiger partial charge in [-0.3, -0.25) is 0 Å². The van der Waals surface area contributed by atoms with Gasteiger partial charge in [0.2, 0.25) is 0 Å². The van der Waals surface area contributed by atoms with Gasteiger partial charge >= 0.3 is 12.1 Å². The molecular weight excluding hydrogens is 366 g/mol. The molecule has 0 radical (unpaired) electrons. The zero-order chi connectivity index (χ0) is 19.8. The summed E-state index contributed by atoms with van der Waals surface area (Å²) in [5, 5.41) is 3.53. The number of nitrogens with zero attached hydrogens (tertiary/aromatic N) is 2. The molecule has 2 aromatic rings. The normalized spacial score (nSPS) is 21.4. The smallest absolute Gasteiger partial charge is 0.406 e. The van der Waals surface area contributed by atoms with Crippen LogP contribution in [0.4, 0.5) is 23.2 Å². The Hall–Kier alpha value is -2.29. The number of aromatic nitrogens is 1. The Bertz CT molecular complexity index is 834. The van der Waals surface area contributed by atoms with Crippen molar-refractivity contribution in [2.24, 2.45) is 0 Å². The lowest BCUT2D eigenvalue weighted by Gasteiger charge is -2.33. The van der Waals surface area contributed by atoms with Crippen LogP contribution in [0.3, 0.4) is 0 Å². The summed E-state index contributed by atoms with van der Waals surface area (Å²) < 4.78 is 58.9. The zero-order valence-electron chi connectivity index (χ0n) is 15.0. The monoisotopic (exact) mass is 387 g/mol. The molecule has 148 valence electrons. The first-order valence-electron chi connectivity index (χ1n) is 8.56. The fraction of sp³-hybridized carbons (Fsp3) is 0.500. The van der Waals surface area contributed by atoms with Gasteiger partial charge in [0.25, 0.3) is 0 Å². The quantitative estimate of drug-likeness (QED) is 0.645. The Labute approximate surface area is 153 Å². The molecular formula is C18H21F4N3O2. The fourth-order valence-electron chi connectivity index (χ4n) is 3.45. The lowest BCUT2D eigenvalue weighted by Crippen LogP contribution is -2.46. The van der Waals surface area contributed by atoms with Crippen molar-refractivity contribution in [3.05, 3.63) is 30.0 Å². The SMILES string of the molecule is COC(=O)c1cc2c(N[C@@H]3CCN(C)C[C@@H]3F)cccc2n1CC(F)(F)F. The van der Waals surface area contributed by atoms with E-state index >= 15 is 0 Å². The van der Waals surface area contributed by atoms with Crippen molar-refractivity contribution in [1.29, 1.82) is 0 Å². The minimum atomic E-state index is -4.50. The molecule has 0 spiro atoms. The predicted octanol–water partition coefficient (Wildman–Crippen LogP) is 3.44. The fourth-order valence-corrected chi connectivity index (χ4v) is 3.45. The van der Waals surface area contributed by atoms with E-state index in [4.69, 9.17) is 0 Å². The van der Waals surface area contributed by atoms with E-state index in [1.54, 1.807) is 12.1 Å². The number of carbonyl (C=O) groups excluding carboxylic acids is 1. The molecule has 1 aliphatic rings. The maximum Gasteiger partial charge on any atom is 0.406 e. The van der Waals surface area contributed by atoms with Crippen LogP contribution >= 0.6 is 0 Å². The van der Waals surface area contributed by atoms with E-state index in [9.17, 15) is 22.4 Å². The number of nitrogens with one attached hydrogen (secondary N) is 1. The van der Waals surface area contributed by atoms with Crippen molar-refractivity contribution in [3.8, 4) is 0 Å². The van der Waals surface area contributed by atoms with Crippen LogP contribution in [0.1, 0.15) is 16.9 Å². The number of benzene rings is 1. The Morgan fingerprint density at radius 3 is 2.74 bits per heavy atom. The molecule has 0 saturated carbocycles. The van der Waals surface area contributed by atoms with Crippen molar-refractivity contribution in [3.63, 3.8) is 0 Å². The summed E-state index contributed by atoms with van der Waals surface area (Å²) in [6.07, 6.45) is -5.03. The molecule has 1 saturated heterocycles. The molecule has 27 heavy (non-hydrogen) atoms. The van der Waals surface area contributed by atoms with E-state index in [1.165, 1.54) is 12.1 Å². The largest absolute Gasteiger partial charge is 0.464 e. The summed E-state index contributed by atoms with van der Waals surface area (Å²) in [7, 11) is 2.95. The third-order valence-corrected chi connectivity index (χ3v) is 4.76. The Kier molecular flexibility index (Phi) is 5.32. The highest BCUT2D eigenvalue weighted by Crippen LogP contribution is 2.32. The highest BCUT2D eigenvalue weighted by Gasteiger charge is 2.32. The second-order valence-electron chi connectivity index (χ2n) is 6.78. The molecule has 2 heterocycles. The minimum absolute atomic E-state index is 0.195. The van der Waals surface area contributed by atoms with E-state index < -0.39 is 30.9 Å². The van der Waals surface area contributed by atoms with E-state index in [-0.39, 0.29) is 17.8 Å². The predicted molar refractivity (Wildman–Crippen MR) is 93.8 cm³/mol. The summed E-state index contributed by atoms with van der Waals surface area (Å²) in [6, 6.07) is 5.67. The first-order valence-corrected chi connectivity index (χ1v) is 8.56. The number of anilines is 1. The molecule has 1 aromatic heterocycles. The van der Waals surface area contributed by atoms with Crippen LogP contribution < -0.4 is 5.32 Å². The van der Waals surface area contributed by atoms with Crippen LogP contribution in [0.15, 0.2) is 24.3 Å². The Morgan fingerprint density at radius 1 is 1.37 bits per heavy atom. The molecule has 1 aliphatic heterocycles. The molecule has 5 nitrogen and oxygen atoms in total. The minimum Gasteiger partial charge on any atom is -0.464 e. The van der Waals surface area contributed by atoms with Crippen LogP contribution in [0, 0.1) is 0 Å². The van der Waals surface area contributed by atoms with Gasteiger partial charge < -0.3 is 19.5 Å². The number of esters is 1. The van der Waals surface area contributed by atoms with E-state index in [2.05, 4.69) is 10.1 Å². The maximum atomic E-state index is 14.3. The van der Waals surface area contributed by atoms with Gasteiger partial charge in [-0.05, 0) is 31.7 Å². The number of rotatable bonds is 4. The third kappa shape index (κ3) is 4.18. The van der Waals surface area contributed by atoms with Crippen LogP contribution in [-0.4, -0.2) is 61.1 Å². The highest BCUT2D eigenvalue weighted by atomic mass is 19.4. The molecule has 0 amide bonds. The number of alkyl halides is 4. The van der Waals surface area contributed by atoms with E-state index in [0.717, 1.165) is 18.2 Å².